The zero-order valence-electron chi connectivity index (χ0n) is 17.1. The molecule has 2 aromatic rings. The van der Waals surface area contributed by atoms with Gasteiger partial charge in [-0.2, -0.15) is 0 Å². The van der Waals surface area contributed by atoms with E-state index in [0.29, 0.717) is 6.42 Å². The van der Waals surface area contributed by atoms with Gasteiger partial charge in [-0.3, -0.25) is 15.0 Å². The molecule has 3 rings (SSSR count). The molecule has 0 aliphatic carbocycles. The number of aliphatic carboxylic acids is 1. The van der Waals surface area contributed by atoms with Gasteiger partial charge in [0.1, 0.15) is 5.75 Å². The molecule has 3 unspecified atom stereocenters. The zero-order chi connectivity index (χ0) is 20.6. The number of quaternary nitrogens is 1. The van der Waals surface area contributed by atoms with Crippen LogP contribution in [0.15, 0.2) is 54.6 Å². The maximum atomic E-state index is 10.9. The summed E-state index contributed by atoms with van der Waals surface area (Å²) in [5, 5.41) is 12.8. The van der Waals surface area contributed by atoms with Crippen LogP contribution in [0.25, 0.3) is 0 Å². The number of carboxylic acid groups (broad SMARTS) is 1. The highest BCUT2D eigenvalue weighted by Gasteiger charge is 2.36. The van der Waals surface area contributed by atoms with Crippen LogP contribution in [0.2, 0.25) is 0 Å². The highest BCUT2D eigenvalue weighted by Crippen LogP contribution is 2.24. The number of carboxylic acids is 1. The van der Waals surface area contributed by atoms with E-state index in [4.69, 9.17) is 9.84 Å². The second-order valence-electron chi connectivity index (χ2n) is 7.68. The summed E-state index contributed by atoms with van der Waals surface area (Å²) in [6.07, 6.45) is 2.89. The molecule has 6 nitrogen and oxygen atoms in total. The number of piperazine rings is 1. The number of methoxy groups -OCH3 is 1. The molecule has 1 saturated heterocycles. The Balaban J connectivity index is 1.67. The Morgan fingerprint density at radius 1 is 1.21 bits per heavy atom. The third kappa shape index (κ3) is 6.03. The minimum absolute atomic E-state index is 0.113. The molecule has 1 fully saturated rings. The van der Waals surface area contributed by atoms with Gasteiger partial charge in [-0.15, -0.1) is 0 Å². The van der Waals surface area contributed by atoms with Gasteiger partial charge in [0.05, 0.1) is 13.2 Å². The number of nitrogens with zero attached hydrogens (tertiary/aromatic N) is 1. The second kappa shape index (κ2) is 10.4. The van der Waals surface area contributed by atoms with E-state index in [0.717, 1.165) is 31.7 Å². The second-order valence-corrected chi connectivity index (χ2v) is 7.68. The summed E-state index contributed by atoms with van der Waals surface area (Å²) in [6.45, 7) is 1.60. The van der Waals surface area contributed by atoms with Gasteiger partial charge in [-0.1, -0.05) is 42.5 Å². The quantitative estimate of drug-likeness (QED) is 0.602. The lowest BCUT2D eigenvalue weighted by Gasteiger charge is -2.42. The number of aryl methyl sites for hydroxylation is 1. The van der Waals surface area contributed by atoms with Gasteiger partial charge >= 0.3 is 5.97 Å². The summed E-state index contributed by atoms with van der Waals surface area (Å²) in [5.41, 5.74) is 6.96. The van der Waals surface area contributed by atoms with Crippen LogP contribution in [-0.2, 0) is 11.2 Å². The Bertz CT molecular complexity index is 767. The first-order valence-electron chi connectivity index (χ1n) is 10.3. The van der Waals surface area contributed by atoms with Crippen LogP contribution in [0.1, 0.15) is 36.4 Å². The molecular weight excluding hydrogens is 366 g/mol. The van der Waals surface area contributed by atoms with E-state index >= 15 is 0 Å². The van der Waals surface area contributed by atoms with Gasteiger partial charge in [-0.05, 0) is 42.5 Å². The van der Waals surface area contributed by atoms with Crippen molar-refractivity contribution in [1.29, 1.82) is 0 Å². The molecule has 3 atom stereocenters. The van der Waals surface area contributed by atoms with E-state index in [-0.39, 0.29) is 24.7 Å². The number of ether oxygens (including phenoxy) is 1. The number of nitrogens with one attached hydrogen (secondary N) is 1. The lowest BCUT2D eigenvalue weighted by atomic mass is 9.95. The van der Waals surface area contributed by atoms with Crippen LogP contribution < -0.4 is 15.8 Å². The highest BCUT2D eigenvalue weighted by molar-refractivity contribution is 5.66. The minimum Gasteiger partial charge on any atom is -0.497 e. The van der Waals surface area contributed by atoms with Gasteiger partial charge in [0.15, 0.2) is 6.17 Å². The fraction of sp³-hybridized carbons (Fsp3) is 0.435. The number of hydrogen-bond acceptors (Lipinski definition) is 4. The van der Waals surface area contributed by atoms with Crippen molar-refractivity contribution in [2.75, 3.05) is 20.2 Å². The molecule has 156 valence electrons. The predicted molar refractivity (Wildman–Crippen MR) is 113 cm³/mol. The standard InChI is InChI=1S/C23H31N3O3/c1-29-19-12-9-17(10-13-19)11-14-20-23(24)26(15-5-8-22(27)28)16-21(25-20)18-6-3-2-4-7-18/h2-4,6-7,9-10,12-13,20-21,23,25H,5,8,11,14-16,24H2,1H3,(H,27,28)/p+1. The smallest absolute Gasteiger partial charge is 0.303 e. The summed E-state index contributed by atoms with van der Waals surface area (Å²) in [6, 6.07) is 19.1. The van der Waals surface area contributed by atoms with Gasteiger partial charge in [-0.25, -0.2) is 0 Å². The zero-order valence-corrected chi connectivity index (χ0v) is 17.1. The number of hydrogen-bond donors (Lipinski definition) is 3. The normalized spacial score (nSPS) is 22.3. The lowest BCUT2D eigenvalue weighted by Crippen LogP contribution is -2.79. The summed E-state index contributed by atoms with van der Waals surface area (Å²) < 4.78 is 5.24. The van der Waals surface area contributed by atoms with Crippen molar-refractivity contribution in [1.82, 2.24) is 10.2 Å². The monoisotopic (exact) mass is 398 g/mol. The molecule has 2 aromatic carbocycles. The number of carbonyl (C=O) groups is 1. The van der Waals surface area contributed by atoms with Gasteiger partial charge in [0, 0.05) is 25.6 Å². The number of benzene rings is 2. The third-order valence-corrected chi connectivity index (χ3v) is 5.71. The van der Waals surface area contributed by atoms with Crippen molar-refractivity contribution in [2.24, 2.45) is 0 Å². The Kier molecular flexibility index (Phi) is 7.63. The molecule has 0 radical (unpaired) electrons. The summed E-state index contributed by atoms with van der Waals surface area (Å²) >= 11 is 0. The Labute approximate surface area is 172 Å². The molecule has 5 N–H and O–H groups in total. The lowest BCUT2D eigenvalue weighted by molar-refractivity contribution is -0.470. The molecule has 1 aliphatic heterocycles. The van der Waals surface area contributed by atoms with Crippen LogP contribution in [0.3, 0.4) is 0 Å². The maximum Gasteiger partial charge on any atom is 0.303 e. The van der Waals surface area contributed by atoms with Crippen LogP contribution in [0, 0.1) is 0 Å². The van der Waals surface area contributed by atoms with Crippen LogP contribution in [0.4, 0.5) is 0 Å². The molecule has 6 heteroatoms. The van der Waals surface area contributed by atoms with Crippen molar-refractivity contribution in [2.45, 2.75) is 43.9 Å². The SMILES string of the molecule is COc1ccc(CCC2NC(c3ccccc3)CN(CCCC(=O)O)C2[NH3+])cc1. The fourth-order valence-electron chi connectivity index (χ4n) is 4.01. The van der Waals surface area contributed by atoms with E-state index in [1.165, 1.54) is 11.1 Å². The first-order valence-corrected chi connectivity index (χ1v) is 10.3. The maximum absolute atomic E-state index is 10.9. The largest absolute Gasteiger partial charge is 0.497 e. The van der Waals surface area contributed by atoms with E-state index in [9.17, 15) is 4.79 Å². The van der Waals surface area contributed by atoms with E-state index in [1.807, 2.05) is 18.2 Å². The minimum atomic E-state index is -0.739. The molecule has 1 heterocycles. The van der Waals surface area contributed by atoms with Crippen molar-refractivity contribution >= 4 is 5.97 Å². The first-order chi connectivity index (χ1) is 14.1. The molecule has 0 amide bonds. The van der Waals surface area contributed by atoms with Gasteiger partial charge in [0.25, 0.3) is 0 Å². The third-order valence-electron chi connectivity index (χ3n) is 5.71. The van der Waals surface area contributed by atoms with E-state index < -0.39 is 5.97 Å². The van der Waals surface area contributed by atoms with Crippen molar-refractivity contribution in [3.63, 3.8) is 0 Å². The van der Waals surface area contributed by atoms with Gasteiger partial charge in [0.2, 0.25) is 0 Å². The fourth-order valence-corrected chi connectivity index (χ4v) is 4.01. The van der Waals surface area contributed by atoms with Crippen LogP contribution >= 0.6 is 0 Å². The topological polar surface area (TPSA) is 89.4 Å². The summed E-state index contributed by atoms with van der Waals surface area (Å²) in [5.74, 6) is 0.129. The molecule has 0 bridgehead atoms. The number of rotatable bonds is 9. The summed E-state index contributed by atoms with van der Waals surface area (Å²) in [7, 11) is 1.68. The Hall–Kier alpha value is -2.41. The highest BCUT2D eigenvalue weighted by atomic mass is 16.5. The van der Waals surface area contributed by atoms with Crippen LogP contribution in [-0.4, -0.2) is 48.4 Å². The van der Waals surface area contributed by atoms with E-state index in [1.54, 1.807) is 7.11 Å². The molecule has 1 aliphatic rings. The molecule has 0 spiro atoms. The summed E-state index contributed by atoms with van der Waals surface area (Å²) in [4.78, 5) is 13.3. The van der Waals surface area contributed by atoms with Crippen molar-refractivity contribution in [3.05, 3.63) is 65.7 Å². The first kappa shape index (κ1) is 21.3. The molecular formula is C23H32N3O3+. The van der Waals surface area contributed by atoms with Gasteiger partial charge < -0.3 is 15.6 Å². The Morgan fingerprint density at radius 3 is 2.59 bits per heavy atom. The average molecular weight is 399 g/mol. The molecule has 0 aromatic heterocycles. The van der Waals surface area contributed by atoms with Crippen molar-refractivity contribution in [3.8, 4) is 5.75 Å². The van der Waals surface area contributed by atoms with E-state index in [2.05, 4.69) is 52.3 Å². The predicted octanol–water partition coefficient (Wildman–Crippen LogP) is 2.08. The van der Waals surface area contributed by atoms with Crippen molar-refractivity contribution < 1.29 is 20.4 Å². The average Bonchev–Trinajstić information content (AvgIpc) is 2.74. The molecule has 0 saturated carbocycles. The molecule has 29 heavy (non-hydrogen) atoms. The van der Waals surface area contributed by atoms with Crippen LogP contribution in [0.5, 0.6) is 5.75 Å². The Morgan fingerprint density at radius 2 is 1.93 bits per heavy atom.